The lowest BCUT2D eigenvalue weighted by Crippen LogP contribution is -2.23. The Kier molecular flexibility index (Phi) is 4.02. The SMILES string of the molecule is CCCNC(c1ccccc1)c1nnc(-c2cn[nH]n2)o1. The summed E-state index contributed by atoms with van der Waals surface area (Å²) in [5, 5.41) is 21.8. The maximum absolute atomic E-state index is 5.73. The average Bonchev–Trinajstić information content (AvgIpc) is 3.20. The smallest absolute Gasteiger partial charge is 0.269 e. The molecule has 2 heterocycles. The zero-order valence-electron chi connectivity index (χ0n) is 11.7. The summed E-state index contributed by atoms with van der Waals surface area (Å²) in [6, 6.07) is 9.91. The number of aromatic nitrogens is 5. The van der Waals surface area contributed by atoms with E-state index in [-0.39, 0.29) is 6.04 Å². The number of H-pyrrole nitrogens is 1. The molecule has 1 unspecified atom stereocenters. The van der Waals surface area contributed by atoms with Gasteiger partial charge < -0.3 is 9.73 Å². The maximum Gasteiger partial charge on any atom is 0.269 e. The second kappa shape index (κ2) is 6.27. The van der Waals surface area contributed by atoms with Crippen molar-refractivity contribution in [2.75, 3.05) is 6.54 Å². The van der Waals surface area contributed by atoms with E-state index in [1.165, 1.54) is 0 Å². The van der Waals surface area contributed by atoms with Crippen molar-refractivity contribution in [3.63, 3.8) is 0 Å². The van der Waals surface area contributed by atoms with E-state index < -0.39 is 0 Å². The lowest BCUT2D eigenvalue weighted by atomic mass is 10.1. The van der Waals surface area contributed by atoms with Gasteiger partial charge in [-0.05, 0) is 18.5 Å². The van der Waals surface area contributed by atoms with Crippen LogP contribution in [-0.2, 0) is 0 Å². The van der Waals surface area contributed by atoms with E-state index in [4.69, 9.17) is 4.42 Å². The molecule has 108 valence electrons. The molecule has 0 saturated heterocycles. The lowest BCUT2D eigenvalue weighted by Gasteiger charge is -2.14. The summed E-state index contributed by atoms with van der Waals surface area (Å²) in [5.74, 6) is 0.880. The molecule has 3 aromatic rings. The number of rotatable bonds is 6. The number of benzene rings is 1. The molecule has 0 aliphatic heterocycles. The molecular formula is C14H16N6O. The maximum atomic E-state index is 5.73. The van der Waals surface area contributed by atoms with Crippen LogP contribution < -0.4 is 5.32 Å². The van der Waals surface area contributed by atoms with Gasteiger partial charge in [-0.3, -0.25) is 0 Å². The zero-order chi connectivity index (χ0) is 14.5. The Morgan fingerprint density at radius 1 is 1.24 bits per heavy atom. The van der Waals surface area contributed by atoms with Crippen LogP contribution in [0.5, 0.6) is 0 Å². The van der Waals surface area contributed by atoms with Gasteiger partial charge in [0, 0.05) is 0 Å². The van der Waals surface area contributed by atoms with Crippen LogP contribution >= 0.6 is 0 Å². The highest BCUT2D eigenvalue weighted by Gasteiger charge is 2.21. The Morgan fingerprint density at radius 3 is 2.81 bits per heavy atom. The summed E-state index contributed by atoms with van der Waals surface area (Å²) >= 11 is 0. The molecule has 3 rings (SSSR count). The fourth-order valence-corrected chi connectivity index (χ4v) is 2.04. The summed E-state index contributed by atoms with van der Waals surface area (Å²) in [7, 11) is 0. The van der Waals surface area contributed by atoms with Gasteiger partial charge in [0.1, 0.15) is 6.04 Å². The fraction of sp³-hybridized carbons (Fsp3) is 0.286. The minimum atomic E-state index is -0.126. The molecule has 2 aromatic heterocycles. The molecular weight excluding hydrogens is 268 g/mol. The first-order chi connectivity index (χ1) is 10.4. The van der Waals surface area contributed by atoms with Crippen molar-refractivity contribution in [2.24, 2.45) is 0 Å². The Morgan fingerprint density at radius 2 is 2.10 bits per heavy atom. The molecule has 7 nitrogen and oxygen atoms in total. The van der Waals surface area contributed by atoms with Crippen molar-refractivity contribution in [2.45, 2.75) is 19.4 Å². The Hall–Kier alpha value is -2.54. The van der Waals surface area contributed by atoms with Crippen LogP contribution in [-0.4, -0.2) is 32.2 Å². The van der Waals surface area contributed by atoms with Crippen molar-refractivity contribution in [1.29, 1.82) is 0 Å². The molecule has 0 amide bonds. The Bertz CT molecular complexity index is 664. The fourth-order valence-electron chi connectivity index (χ4n) is 2.04. The van der Waals surface area contributed by atoms with Crippen molar-refractivity contribution in [3.05, 3.63) is 48.0 Å². The standard InChI is InChI=1S/C14H16N6O/c1-2-8-15-12(10-6-4-3-5-7-10)14-19-18-13(21-14)11-9-16-20-17-11/h3-7,9,12,15H,2,8H2,1H3,(H,16,17,20). The van der Waals surface area contributed by atoms with Crippen LogP contribution in [0.25, 0.3) is 11.6 Å². The molecule has 1 atom stereocenters. The predicted molar refractivity (Wildman–Crippen MR) is 76.3 cm³/mol. The van der Waals surface area contributed by atoms with Gasteiger partial charge in [0.15, 0.2) is 5.69 Å². The third-order valence-corrected chi connectivity index (χ3v) is 3.05. The summed E-state index contributed by atoms with van der Waals surface area (Å²) in [6.07, 6.45) is 2.57. The third-order valence-electron chi connectivity index (χ3n) is 3.05. The highest BCUT2D eigenvalue weighted by atomic mass is 16.4. The monoisotopic (exact) mass is 284 g/mol. The van der Waals surface area contributed by atoms with Crippen LogP contribution in [0, 0.1) is 0 Å². The molecule has 0 radical (unpaired) electrons. The molecule has 0 bridgehead atoms. The number of hydrogen-bond acceptors (Lipinski definition) is 6. The van der Waals surface area contributed by atoms with Gasteiger partial charge in [0.25, 0.3) is 5.89 Å². The number of nitrogens with one attached hydrogen (secondary N) is 2. The molecule has 2 N–H and O–H groups in total. The van der Waals surface area contributed by atoms with Crippen LogP contribution in [0.2, 0.25) is 0 Å². The predicted octanol–water partition coefficient (Wildman–Crippen LogP) is 1.94. The molecule has 1 aromatic carbocycles. The largest absolute Gasteiger partial charge is 0.417 e. The molecule has 7 heteroatoms. The van der Waals surface area contributed by atoms with Crippen molar-refractivity contribution in [1.82, 2.24) is 30.9 Å². The Balaban J connectivity index is 1.90. The van der Waals surface area contributed by atoms with E-state index in [0.717, 1.165) is 18.5 Å². The van der Waals surface area contributed by atoms with E-state index in [0.29, 0.717) is 17.5 Å². The van der Waals surface area contributed by atoms with Gasteiger partial charge in [-0.15, -0.1) is 10.2 Å². The van der Waals surface area contributed by atoms with Gasteiger partial charge in [-0.1, -0.05) is 37.3 Å². The highest BCUT2D eigenvalue weighted by Crippen LogP contribution is 2.23. The Labute approximate surface area is 121 Å². The first-order valence-electron chi connectivity index (χ1n) is 6.86. The summed E-state index contributed by atoms with van der Waals surface area (Å²) in [4.78, 5) is 0. The summed E-state index contributed by atoms with van der Waals surface area (Å²) in [5.41, 5.74) is 1.62. The van der Waals surface area contributed by atoms with Crippen molar-refractivity contribution in [3.8, 4) is 11.6 Å². The molecule has 21 heavy (non-hydrogen) atoms. The van der Waals surface area contributed by atoms with Gasteiger partial charge in [0.05, 0.1) is 6.20 Å². The van der Waals surface area contributed by atoms with E-state index in [1.54, 1.807) is 6.20 Å². The average molecular weight is 284 g/mol. The minimum absolute atomic E-state index is 0.126. The molecule has 0 aliphatic carbocycles. The first-order valence-corrected chi connectivity index (χ1v) is 6.86. The highest BCUT2D eigenvalue weighted by molar-refractivity contribution is 5.42. The topological polar surface area (TPSA) is 92.5 Å². The quantitative estimate of drug-likeness (QED) is 0.718. The van der Waals surface area contributed by atoms with Crippen LogP contribution in [0.1, 0.15) is 30.8 Å². The van der Waals surface area contributed by atoms with Gasteiger partial charge in [0.2, 0.25) is 5.89 Å². The van der Waals surface area contributed by atoms with Gasteiger partial charge in [-0.2, -0.15) is 15.4 Å². The normalized spacial score (nSPS) is 12.4. The van der Waals surface area contributed by atoms with E-state index in [9.17, 15) is 0 Å². The van der Waals surface area contributed by atoms with Gasteiger partial charge >= 0.3 is 0 Å². The lowest BCUT2D eigenvalue weighted by molar-refractivity contribution is 0.438. The number of aromatic amines is 1. The summed E-state index contributed by atoms with van der Waals surface area (Å²) < 4.78 is 5.73. The second-order valence-electron chi connectivity index (χ2n) is 4.60. The minimum Gasteiger partial charge on any atom is -0.417 e. The van der Waals surface area contributed by atoms with Crippen LogP contribution in [0.3, 0.4) is 0 Å². The molecule has 0 fully saturated rings. The zero-order valence-corrected chi connectivity index (χ0v) is 11.7. The molecule has 0 saturated carbocycles. The molecule has 0 aliphatic rings. The second-order valence-corrected chi connectivity index (χ2v) is 4.60. The summed E-state index contributed by atoms with van der Waals surface area (Å²) in [6.45, 7) is 2.98. The number of hydrogen-bond donors (Lipinski definition) is 2. The van der Waals surface area contributed by atoms with Crippen molar-refractivity contribution >= 4 is 0 Å². The van der Waals surface area contributed by atoms with E-state index in [1.807, 2.05) is 30.3 Å². The van der Waals surface area contributed by atoms with Gasteiger partial charge in [-0.25, -0.2) is 0 Å². The number of nitrogens with zero attached hydrogens (tertiary/aromatic N) is 4. The first kappa shape index (κ1) is 13.4. The van der Waals surface area contributed by atoms with E-state index in [2.05, 4.69) is 37.8 Å². The molecule has 0 spiro atoms. The third kappa shape index (κ3) is 2.97. The van der Waals surface area contributed by atoms with Crippen LogP contribution in [0.4, 0.5) is 0 Å². The van der Waals surface area contributed by atoms with Crippen molar-refractivity contribution < 1.29 is 4.42 Å². The van der Waals surface area contributed by atoms with Crippen LogP contribution in [0.15, 0.2) is 40.9 Å². The van der Waals surface area contributed by atoms with E-state index >= 15 is 0 Å².